The number of hydroxylamine groups is 2. The predicted octanol–water partition coefficient (Wildman–Crippen LogP) is 4.61. The van der Waals surface area contributed by atoms with Crippen LogP contribution in [0.15, 0.2) is 78.4 Å². The van der Waals surface area contributed by atoms with Crippen molar-refractivity contribution >= 4 is 40.9 Å². The van der Waals surface area contributed by atoms with Gasteiger partial charge < -0.3 is 14.6 Å². The van der Waals surface area contributed by atoms with E-state index in [1.54, 1.807) is 60.7 Å². The topological polar surface area (TPSA) is 134 Å². The summed E-state index contributed by atoms with van der Waals surface area (Å²) in [6.07, 6.45) is 2.00. The number of carbonyl (C=O) groups is 4. The summed E-state index contributed by atoms with van der Waals surface area (Å²) in [6, 6.07) is 18.4. The van der Waals surface area contributed by atoms with E-state index in [-0.39, 0.29) is 40.7 Å². The van der Waals surface area contributed by atoms with Gasteiger partial charge in [0.05, 0.1) is 43.1 Å². The van der Waals surface area contributed by atoms with Crippen LogP contribution in [0.3, 0.4) is 0 Å². The van der Waals surface area contributed by atoms with Gasteiger partial charge >= 0.3 is 0 Å². The van der Waals surface area contributed by atoms with Gasteiger partial charge in [0.1, 0.15) is 17.2 Å². The quantitative estimate of drug-likeness (QED) is 0.238. The number of ether oxygens (including phenoxy) is 2. The van der Waals surface area contributed by atoms with Gasteiger partial charge in [-0.1, -0.05) is 59.6 Å². The summed E-state index contributed by atoms with van der Waals surface area (Å²) >= 11 is 6.32. The third kappa shape index (κ3) is 3.91. The van der Waals surface area contributed by atoms with Crippen LogP contribution >= 0.6 is 11.6 Å². The highest BCUT2D eigenvalue weighted by atomic mass is 35.5. The molecule has 11 heteroatoms. The summed E-state index contributed by atoms with van der Waals surface area (Å²) in [5.41, 5.74) is 0.0863. The molecule has 0 radical (unpaired) electrons. The molecule has 2 N–H and O–H groups in total. The Labute approximate surface area is 263 Å². The summed E-state index contributed by atoms with van der Waals surface area (Å²) in [6.45, 7) is 0. The maximum atomic E-state index is 15.2. The first-order valence-corrected chi connectivity index (χ1v) is 14.9. The molecule has 45 heavy (non-hydrogen) atoms. The fraction of sp³-hybridized carbons (Fsp3) is 0.294. The maximum Gasteiger partial charge on any atom is 0.257 e. The standard InChI is InChI=1S/C34H29ClN2O8/c1-44-20-14-25(38)28(26(15-20)45-2)29-21-11-12-22-27(32(41)37(43)30(22)39)23(21)16-24-31(40)36(19-10-6-9-18(35)13-19)33(42)34(24,29)17-7-4-3-5-8-17/h3-11,13-15,22-24,27,29,38,43H,12,16H2,1-2H3. The van der Waals surface area contributed by atoms with E-state index in [1.807, 2.05) is 6.08 Å². The number of amides is 4. The molecular weight excluding hydrogens is 600 g/mol. The zero-order chi connectivity index (χ0) is 31.8. The molecule has 3 aromatic carbocycles. The molecule has 1 saturated carbocycles. The van der Waals surface area contributed by atoms with Crippen molar-refractivity contribution in [3.8, 4) is 17.2 Å². The van der Waals surface area contributed by atoms with Gasteiger partial charge in [-0.25, -0.2) is 4.90 Å². The highest BCUT2D eigenvalue weighted by Crippen LogP contribution is 2.66. The highest BCUT2D eigenvalue weighted by molar-refractivity contribution is 6.32. The third-order valence-electron chi connectivity index (χ3n) is 9.98. The molecule has 0 spiro atoms. The van der Waals surface area contributed by atoms with Gasteiger partial charge in [0.25, 0.3) is 11.8 Å². The lowest BCUT2D eigenvalue weighted by atomic mass is 9.49. The molecule has 10 nitrogen and oxygen atoms in total. The molecule has 3 aromatic rings. The molecule has 2 aliphatic heterocycles. The number of carbonyl (C=O) groups excluding carboxylic acids is 4. The van der Waals surface area contributed by atoms with Crippen molar-refractivity contribution in [1.29, 1.82) is 0 Å². The van der Waals surface area contributed by atoms with Crippen molar-refractivity contribution in [2.45, 2.75) is 24.2 Å². The highest BCUT2D eigenvalue weighted by Gasteiger charge is 2.71. The normalized spacial score (nSPS) is 28.9. The molecule has 2 saturated heterocycles. The lowest BCUT2D eigenvalue weighted by Gasteiger charge is -2.50. The Hall–Kier alpha value is -4.67. The summed E-state index contributed by atoms with van der Waals surface area (Å²) in [7, 11) is 2.87. The number of methoxy groups -OCH3 is 2. The first kappa shape index (κ1) is 29.1. The van der Waals surface area contributed by atoms with E-state index in [0.29, 0.717) is 21.9 Å². The number of halogens is 1. The number of fused-ring (bicyclic) bond motifs is 4. The molecule has 6 atom stereocenters. The van der Waals surface area contributed by atoms with Crippen molar-refractivity contribution in [3.63, 3.8) is 0 Å². The molecule has 4 aliphatic rings. The minimum Gasteiger partial charge on any atom is -0.507 e. The van der Waals surface area contributed by atoms with Gasteiger partial charge in [-0.2, -0.15) is 5.06 Å². The van der Waals surface area contributed by atoms with Crippen LogP contribution in [0.5, 0.6) is 17.2 Å². The molecule has 7 rings (SSSR count). The monoisotopic (exact) mass is 628 g/mol. The van der Waals surface area contributed by atoms with E-state index in [4.69, 9.17) is 21.1 Å². The van der Waals surface area contributed by atoms with Crippen LogP contribution in [-0.4, -0.2) is 53.2 Å². The number of nitrogens with zero attached hydrogens (tertiary/aromatic N) is 2. The van der Waals surface area contributed by atoms with E-state index in [2.05, 4.69) is 0 Å². The second-order valence-corrected chi connectivity index (χ2v) is 12.3. The van der Waals surface area contributed by atoms with Gasteiger partial charge in [-0.05, 0) is 42.5 Å². The summed E-state index contributed by atoms with van der Waals surface area (Å²) in [5, 5.41) is 22.6. The van der Waals surface area contributed by atoms with Gasteiger partial charge in [0.15, 0.2) is 0 Å². The Morgan fingerprint density at radius 2 is 1.64 bits per heavy atom. The number of hydrogen-bond acceptors (Lipinski definition) is 8. The van der Waals surface area contributed by atoms with Crippen LogP contribution in [-0.2, 0) is 24.6 Å². The Morgan fingerprint density at radius 3 is 2.33 bits per heavy atom. The first-order valence-electron chi connectivity index (χ1n) is 14.6. The molecule has 2 heterocycles. The molecule has 3 fully saturated rings. The van der Waals surface area contributed by atoms with Crippen molar-refractivity contribution in [3.05, 3.63) is 94.5 Å². The van der Waals surface area contributed by atoms with Crippen LogP contribution in [0.2, 0.25) is 5.02 Å². The number of benzene rings is 3. The number of anilines is 1. The van der Waals surface area contributed by atoms with E-state index < -0.39 is 58.6 Å². The minimum atomic E-state index is -1.60. The lowest BCUT2D eigenvalue weighted by molar-refractivity contribution is -0.173. The van der Waals surface area contributed by atoms with Crippen molar-refractivity contribution in [1.82, 2.24) is 5.06 Å². The number of allylic oxidation sites excluding steroid dienone is 2. The fourth-order valence-corrected chi connectivity index (χ4v) is 8.39. The van der Waals surface area contributed by atoms with E-state index in [1.165, 1.54) is 20.3 Å². The van der Waals surface area contributed by atoms with Crippen molar-refractivity contribution in [2.24, 2.45) is 23.7 Å². The molecule has 4 amide bonds. The van der Waals surface area contributed by atoms with E-state index in [0.717, 1.165) is 4.90 Å². The van der Waals surface area contributed by atoms with E-state index >= 15 is 4.79 Å². The number of hydrogen-bond donors (Lipinski definition) is 2. The Balaban J connectivity index is 1.56. The van der Waals surface area contributed by atoms with Gasteiger partial charge in [0, 0.05) is 28.6 Å². The lowest BCUT2D eigenvalue weighted by Crippen LogP contribution is -2.53. The summed E-state index contributed by atoms with van der Waals surface area (Å²) in [4.78, 5) is 57.3. The fourth-order valence-electron chi connectivity index (χ4n) is 8.21. The smallest absolute Gasteiger partial charge is 0.257 e. The SMILES string of the molecule is COc1cc(O)c(C2C3=CCC4C(=O)N(O)C(=O)C4C3CC3C(=O)N(c4cccc(Cl)c4)C(=O)C32c2ccccc2)c(OC)c1. The molecule has 230 valence electrons. The number of imide groups is 2. The second-order valence-electron chi connectivity index (χ2n) is 11.8. The minimum absolute atomic E-state index is 0.0477. The molecule has 0 bridgehead atoms. The van der Waals surface area contributed by atoms with Crippen LogP contribution in [0.4, 0.5) is 5.69 Å². The van der Waals surface area contributed by atoms with Crippen LogP contribution in [0.25, 0.3) is 0 Å². The zero-order valence-electron chi connectivity index (χ0n) is 24.3. The largest absolute Gasteiger partial charge is 0.507 e. The number of phenolic OH excluding ortho intramolecular Hbond substituents is 1. The third-order valence-corrected chi connectivity index (χ3v) is 10.2. The molecule has 6 unspecified atom stereocenters. The number of rotatable bonds is 5. The van der Waals surface area contributed by atoms with Gasteiger partial charge in [0.2, 0.25) is 11.8 Å². The maximum absolute atomic E-state index is 15.2. The Bertz CT molecular complexity index is 1810. The molecule has 2 aliphatic carbocycles. The van der Waals surface area contributed by atoms with Crippen LogP contribution < -0.4 is 14.4 Å². The predicted molar refractivity (Wildman–Crippen MR) is 161 cm³/mol. The van der Waals surface area contributed by atoms with Crippen LogP contribution in [0, 0.1) is 23.7 Å². The zero-order valence-corrected chi connectivity index (χ0v) is 25.1. The number of aromatic hydroxyl groups is 1. The molecule has 0 aromatic heterocycles. The average Bonchev–Trinajstić information content (AvgIpc) is 3.41. The Morgan fingerprint density at radius 1 is 0.889 bits per heavy atom. The number of phenols is 1. The molecular formula is C34H29ClN2O8. The van der Waals surface area contributed by atoms with Crippen molar-refractivity contribution < 1.29 is 39.0 Å². The van der Waals surface area contributed by atoms with Crippen LogP contribution in [0.1, 0.15) is 29.9 Å². The van der Waals surface area contributed by atoms with Crippen molar-refractivity contribution in [2.75, 3.05) is 19.1 Å². The Kier molecular flexibility index (Phi) is 6.75. The second kappa shape index (κ2) is 10.5. The summed E-state index contributed by atoms with van der Waals surface area (Å²) in [5.74, 6) is -6.68. The van der Waals surface area contributed by atoms with Gasteiger partial charge in [-0.15, -0.1) is 0 Å². The first-order chi connectivity index (χ1) is 21.6. The van der Waals surface area contributed by atoms with E-state index in [9.17, 15) is 24.7 Å². The van der Waals surface area contributed by atoms with Gasteiger partial charge in [-0.3, -0.25) is 24.4 Å². The average molecular weight is 629 g/mol. The summed E-state index contributed by atoms with van der Waals surface area (Å²) < 4.78 is 11.2.